The number of hydrogen-bond acceptors (Lipinski definition) is 5. The first kappa shape index (κ1) is 25.8. The van der Waals surface area contributed by atoms with Crippen molar-refractivity contribution < 1.29 is 23.4 Å². The summed E-state index contributed by atoms with van der Waals surface area (Å²) >= 11 is 0. The highest BCUT2D eigenvalue weighted by Crippen LogP contribution is 2.35. The lowest BCUT2D eigenvalue weighted by Crippen LogP contribution is -2.40. The lowest BCUT2D eigenvalue weighted by molar-refractivity contribution is -0.136. The van der Waals surface area contributed by atoms with Gasteiger partial charge in [-0.15, -0.1) is 0 Å². The van der Waals surface area contributed by atoms with Gasteiger partial charge >= 0.3 is 0 Å². The molecule has 0 radical (unpaired) electrons. The van der Waals surface area contributed by atoms with E-state index < -0.39 is 0 Å². The van der Waals surface area contributed by atoms with Gasteiger partial charge in [0.05, 0.1) is 20.3 Å². The van der Waals surface area contributed by atoms with Crippen LogP contribution in [0.3, 0.4) is 0 Å². The smallest absolute Gasteiger partial charge is 0.226 e. The van der Waals surface area contributed by atoms with Crippen molar-refractivity contribution in [3.05, 3.63) is 52.8 Å². The Morgan fingerprint density at radius 3 is 2.65 bits per heavy atom. The number of hydrogen-bond donors (Lipinski definition) is 1. The predicted octanol–water partition coefficient (Wildman–Crippen LogP) is 4.71. The fourth-order valence-corrected chi connectivity index (χ4v) is 4.15. The summed E-state index contributed by atoms with van der Waals surface area (Å²) in [5.74, 6) is 1.63. The third-order valence-corrected chi connectivity index (χ3v) is 5.78. The van der Waals surface area contributed by atoms with Crippen molar-refractivity contribution in [3.8, 4) is 17.2 Å². The highest BCUT2D eigenvalue weighted by molar-refractivity contribution is 5.78. The van der Waals surface area contributed by atoms with E-state index in [-0.39, 0.29) is 23.4 Å². The maximum atomic E-state index is 13.6. The Kier molecular flexibility index (Phi) is 9.16. The van der Waals surface area contributed by atoms with E-state index in [1.165, 1.54) is 13.2 Å². The third-order valence-electron chi connectivity index (χ3n) is 5.78. The normalized spacial score (nSPS) is 14.0. The van der Waals surface area contributed by atoms with Crippen molar-refractivity contribution in [2.45, 2.75) is 47.2 Å². The number of carbonyl (C=O) groups is 1. The molecule has 0 fully saturated rings. The number of rotatable bonds is 10. The number of halogens is 1. The Bertz CT molecular complexity index is 979. The van der Waals surface area contributed by atoms with E-state index in [2.05, 4.69) is 25.2 Å². The summed E-state index contributed by atoms with van der Waals surface area (Å²) < 4.78 is 30.4. The van der Waals surface area contributed by atoms with E-state index in [1.807, 2.05) is 24.8 Å². The van der Waals surface area contributed by atoms with Gasteiger partial charge in [-0.05, 0) is 47.7 Å². The molecule has 6 nitrogen and oxygen atoms in total. The lowest BCUT2D eigenvalue weighted by atomic mass is 10.1. The number of nitrogens with zero attached hydrogens (tertiary/aromatic N) is 1. The van der Waals surface area contributed by atoms with Gasteiger partial charge in [0.25, 0.3) is 0 Å². The molecule has 1 heterocycles. The number of carbonyl (C=O) groups excluding carboxylic acids is 1. The quantitative estimate of drug-likeness (QED) is 0.543. The molecule has 0 saturated heterocycles. The monoisotopic (exact) mass is 472 g/mol. The van der Waals surface area contributed by atoms with Crippen LogP contribution in [-0.2, 0) is 17.9 Å². The van der Waals surface area contributed by atoms with Crippen LogP contribution < -0.4 is 19.5 Å². The second-order valence-corrected chi connectivity index (χ2v) is 9.40. The molecule has 0 aromatic heterocycles. The van der Waals surface area contributed by atoms with Gasteiger partial charge in [-0.25, -0.2) is 4.39 Å². The Labute approximate surface area is 202 Å². The summed E-state index contributed by atoms with van der Waals surface area (Å²) in [6, 6.07) is 8.87. The van der Waals surface area contributed by atoms with Crippen molar-refractivity contribution in [1.82, 2.24) is 10.2 Å². The molecule has 0 bridgehead atoms. The zero-order chi connectivity index (χ0) is 24.7. The van der Waals surface area contributed by atoms with Gasteiger partial charge in [-0.3, -0.25) is 4.79 Å². The average Bonchev–Trinajstić information content (AvgIpc) is 3.05. The molecule has 186 valence electrons. The van der Waals surface area contributed by atoms with E-state index in [0.717, 1.165) is 34.6 Å². The number of benzene rings is 2. The first-order valence-electron chi connectivity index (χ1n) is 12.0. The predicted molar refractivity (Wildman–Crippen MR) is 131 cm³/mol. The molecular weight excluding hydrogens is 435 g/mol. The number of aryl methyl sites for hydroxylation is 1. The standard InChI is InChI=1S/C27H37FN2O4/c1-18(2)16-30(17-22-11-19(3)26-25(13-22)33-9-6-10-34-26)27(31)20(4)14-29-15-21-7-8-23(28)24(12-21)32-5/h7-8,11-13,18,20,29H,6,9-10,14-17H2,1-5H3. The lowest BCUT2D eigenvalue weighted by Gasteiger charge is -2.28. The number of nitrogens with one attached hydrogen (secondary N) is 1. The molecule has 1 aliphatic rings. The molecule has 1 aliphatic heterocycles. The topological polar surface area (TPSA) is 60.0 Å². The van der Waals surface area contributed by atoms with Crippen molar-refractivity contribution in [3.63, 3.8) is 0 Å². The molecule has 2 aromatic rings. The third kappa shape index (κ3) is 6.86. The van der Waals surface area contributed by atoms with Gasteiger partial charge in [-0.1, -0.05) is 32.9 Å². The Morgan fingerprint density at radius 1 is 1.15 bits per heavy atom. The van der Waals surface area contributed by atoms with E-state index >= 15 is 0 Å². The van der Waals surface area contributed by atoms with Gasteiger partial charge in [-0.2, -0.15) is 0 Å². The largest absolute Gasteiger partial charge is 0.494 e. The minimum absolute atomic E-state index is 0.0997. The number of fused-ring (bicyclic) bond motifs is 1. The highest BCUT2D eigenvalue weighted by atomic mass is 19.1. The number of ether oxygens (including phenoxy) is 3. The summed E-state index contributed by atoms with van der Waals surface area (Å²) in [5.41, 5.74) is 2.96. The molecule has 1 N–H and O–H groups in total. The summed E-state index contributed by atoms with van der Waals surface area (Å²) in [7, 11) is 1.45. The van der Waals surface area contributed by atoms with E-state index in [4.69, 9.17) is 14.2 Å². The molecule has 2 aromatic carbocycles. The number of methoxy groups -OCH3 is 1. The summed E-state index contributed by atoms with van der Waals surface area (Å²) in [5, 5.41) is 3.32. The Hall–Kier alpha value is -2.80. The minimum atomic E-state index is -0.385. The second kappa shape index (κ2) is 12.1. The molecule has 1 unspecified atom stereocenters. The zero-order valence-corrected chi connectivity index (χ0v) is 20.9. The minimum Gasteiger partial charge on any atom is -0.494 e. The van der Waals surface area contributed by atoms with Crippen molar-refractivity contribution in [1.29, 1.82) is 0 Å². The molecule has 1 atom stereocenters. The van der Waals surface area contributed by atoms with E-state index in [1.54, 1.807) is 12.1 Å². The fourth-order valence-electron chi connectivity index (χ4n) is 4.15. The van der Waals surface area contributed by atoms with Gasteiger partial charge in [0.2, 0.25) is 5.91 Å². The molecule has 0 saturated carbocycles. The first-order valence-corrected chi connectivity index (χ1v) is 12.0. The second-order valence-electron chi connectivity index (χ2n) is 9.40. The van der Waals surface area contributed by atoms with Crippen molar-refractivity contribution >= 4 is 5.91 Å². The summed E-state index contributed by atoms with van der Waals surface area (Å²) in [6.45, 7) is 11.7. The molecule has 0 aliphatic carbocycles. The molecular formula is C27H37FN2O4. The van der Waals surface area contributed by atoms with Crippen molar-refractivity contribution in [2.24, 2.45) is 11.8 Å². The van der Waals surface area contributed by atoms with Crippen LogP contribution in [0.4, 0.5) is 4.39 Å². The van der Waals surface area contributed by atoms with Crippen LogP contribution >= 0.6 is 0 Å². The van der Waals surface area contributed by atoms with Gasteiger partial charge in [0.1, 0.15) is 0 Å². The molecule has 1 amide bonds. The van der Waals surface area contributed by atoms with Crippen LogP contribution in [0.25, 0.3) is 0 Å². The van der Waals surface area contributed by atoms with Crippen LogP contribution in [0, 0.1) is 24.6 Å². The first-order chi connectivity index (χ1) is 16.3. The zero-order valence-electron chi connectivity index (χ0n) is 20.9. The van der Waals surface area contributed by atoms with Crippen LogP contribution in [0.1, 0.15) is 43.9 Å². The molecule has 7 heteroatoms. The Morgan fingerprint density at radius 2 is 1.91 bits per heavy atom. The van der Waals surface area contributed by atoms with Crippen LogP contribution in [0.5, 0.6) is 17.2 Å². The summed E-state index contributed by atoms with van der Waals surface area (Å²) in [6.07, 6.45) is 0.858. The molecule has 34 heavy (non-hydrogen) atoms. The van der Waals surface area contributed by atoms with Crippen LogP contribution in [0.2, 0.25) is 0 Å². The average molecular weight is 473 g/mol. The van der Waals surface area contributed by atoms with Gasteiger partial charge in [0.15, 0.2) is 23.1 Å². The fraction of sp³-hybridized carbons (Fsp3) is 0.519. The van der Waals surface area contributed by atoms with E-state index in [0.29, 0.717) is 45.3 Å². The highest BCUT2D eigenvalue weighted by Gasteiger charge is 2.23. The maximum absolute atomic E-state index is 13.6. The molecule has 0 spiro atoms. The van der Waals surface area contributed by atoms with Crippen LogP contribution in [-0.4, -0.2) is 44.2 Å². The van der Waals surface area contributed by atoms with Crippen molar-refractivity contribution in [2.75, 3.05) is 33.4 Å². The van der Waals surface area contributed by atoms with E-state index in [9.17, 15) is 9.18 Å². The SMILES string of the molecule is COc1cc(CNCC(C)C(=O)N(Cc2cc(C)c3c(c2)OCCCO3)CC(C)C)ccc1F. The number of amides is 1. The van der Waals surface area contributed by atoms with Crippen LogP contribution in [0.15, 0.2) is 30.3 Å². The molecule has 3 rings (SSSR count). The Balaban J connectivity index is 1.64. The summed E-state index contributed by atoms with van der Waals surface area (Å²) in [4.78, 5) is 15.3. The maximum Gasteiger partial charge on any atom is 0.226 e. The van der Waals surface area contributed by atoms with Gasteiger partial charge < -0.3 is 24.4 Å². The van der Waals surface area contributed by atoms with Gasteiger partial charge in [0, 0.05) is 38.5 Å².